The van der Waals surface area contributed by atoms with E-state index in [9.17, 15) is 0 Å². The SMILES string of the molecule is CC.CC.c1ccc(-c2ccc3cc(-c4c5ccccc5c(-c5cccc6ccccc56)c5ccccc45)ccc3c2)cc1.c1ccc2cc(-c3ccc(-c4c5ccccc5c(-c5ccc6ccccc6c5)c5ccccc45)c4ccccc34)ccc2c1. The molecule has 0 heterocycles. The number of fused-ring (bicyclic) bond motifs is 9. The van der Waals surface area contributed by atoms with Crippen molar-refractivity contribution in [1.29, 1.82) is 0 Å². The third-order valence-corrected chi connectivity index (χ3v) is 17.4. The van der Waals surface area contributed by atoms with Gasteiger partial charge in [0.05, 0.1) is 0 Å². The van der Waals surface area contributed by atoms with Crippen molar-refractivity contribution in [2.24, 2.45) is 0 Å². The molecule has 418 valence electrons. The fourth-order valence-electron chi connectivity index (χ4n) is 13.6. The van der Waals surface area contributed by atoms with Crippen molar-refractivity contribution in [3.63, 3.8) is 0 Å². The lowest BCUT2D eigenvalue weighted by Gasteiger charge is -2.20. The third kappa shape index (κ3) is 9.89. The van der Waals surface area contributed by atoms with Gasteiger partial charge in [0.2, 0.25) is 0 Å². The summed E-state index contributed by atoms with van der Waals surface area (Å²) >= 11 is 0. The molecule has 17 aromatic carbocycles. The van der Waals surface area contributed by atoms with Gasteiger partial charge >= 0.3 is 0 Å². The number of hydrogen-bond donors (Lipinski definition) is 0. The fraction of sp³-hybridized carbons (Fsp3) is 0.0455. The highest BCUT2D eigenvalue weighted by Gasteiger charge is 2.21. The molecule has 0 amide bonds. The predicted octanol–water partition coefficient (Wildman–Crippen LogP) is 25.8. The molecule has 17 aromatic rings. The molecule has 0 bridgehead atoms. The van der Waals surface area contributed by atoms with E-state index in [1.54, 1.807) is 0 Å². The van der Waals surface area contributed by atoms with Crippen molar-refractivity contribution in [1.82, 2.24) is 0 Å². The van der Waals surface area contributed by atoms with Crippen LogP contribution in [0.2, 0.25) is 0 Å². The summed E-state index contributed by atoms with van der Waals surface area (Å²) in [6, 6.07) is 120. The molecular formula is C88H66. The van der Waals surface area contributed by atoms with Crippen LogP contribution in [0, 0.1) is 0 Å². The van der Waals surface area contributed by atoms with E-state index in [1.165, 1.54) is 164 Å². The van der Waals surface area contributed by atoms with Crippen LogP contribution in [0.4, 0.5) is 0 Å². The second kappa shape index (κ2) is 24.2. The van der Waals surface area contributed by atoms with E-state index in [4.69, 9.17) is 0 Å². The average Bonchev–Trinajstić information content (AvgIpc) is 0.822. The first-order valence-electron chi connectivity index (χ1n) is 31.1. The molecule has 0 fully saturated rings. The van der Waals surface area contributed by atoms with Crippen LogP contribution >= 0.6 is 0 Å². The van der Waals surface area contributed by atoms with Gasteiger partial charge in [0.15, 0.2) is 0 Å². The second-order valence-electron chi connectivity index (χ2n) is 22.2. The molecule has 0 aliphatic carbocycles. The van der Waals surface area contributed by atoms with Crippen molar-refractivity contribution in [3.05, 3.63) is 328 Å². The maximum absolute atomic E-state index is 2.36. The molecule has 88 heavy (non-hydrogen) atoms. The Hall–Kier alpha value is -10.9. The summed E-state index contributed by atoms with van der Waals surface area (Å²) in [6.45, 7) is 8.00. The molecule has 0 N–H and O–H groups in total. The largest absolute Gasteiger partial charge is 0.0683 e. The maximum atomic E-state index is 2.36. The van der Waals surface area contributed by atoms with Crippen LogP contribution in [0.1, 0.15) is 27.7 Å². The van der Waals surface area contributed by atoms with Gasteiger partial charge in [-0.25, -0.2) is 0 Å². The van der Waals surface area contributed by atoms with Gasteiger partial charge in [0, 0.05) is 0 Å². The minimum atomic E-state index is 1.24. The van der Waals surface area contributed by atoms with E-state index < -0.39 is 0 Å². The predicted molar refractivity (Wildman–Crippen MR) is 386 cm³/mol. The molecule has 0 aliphatic rings. The van der Waals surface area contributed by atoms with E-state index in [0.29, 0.717) is 0 Å². The molecule has 0 nitrogen and oxygen atoms in total. The maximum Gasteiger partial charge on any atom is -0.00201 e. The van der Waals surface area contributed by atoms with Gasteiger partial charge in [-0.1, -0.05) is 331 Å². The number of rotatable bonds is 6. The molecule has 0 heteroatoms. The first kappa shape index (κ1) is 55.0. The molecule has 0 spiro atoms. The quantitative estimate of drug-likeness (QED) is 0.146. The topological polar surface area (TPSA) is 0 Å². The Bertz CT molecular complexity index is 5310. The Kier molecular flexibility index (Phi) is 15.1. The molecule has 0 atom stereocenters. The Labute approximate surface area is 515 Å². The van der Waals surface area contributed by atoms with Gasteiger partial charge in [-0.15, -0.1) is 0 Å². The zero-order valence-corrected chi connectivity index (χ0v) is 50.2. The Morgan fingerprint density at radius 3 is 0.898 bits per heavy atom. The molecular weight excluding hydrogens is 1060 g/mol. The fourth-order valence-corrected chi connectivity index (χ4v) is 13.6. The van der Waals surface area contributed by atoms with Crippen molar-refractivity contribution < 1.29 is 0 Å². The van der Waals surface area contributed by atoms with Crippen LogP contribution in [0.15, 0.2) is 328 Å². The Morgan fingerprint density at radius 1 is 0.136 bits per heavy atom. The first-order valence-corrected chi connectivity index (χ1v) is 31.1. The summed E-state index contributed by atoms with van der Waals surface area (Å²) in [5.41, 5.74) is 15.2. The second-order valence-corrected chi connectivity index (χ2v) is 22.2. The molecule has 17 rings (SSSR count). The van der Waals surface area contributed by atoms with E-state index in [-0.39, 0.29) is 0 Å². The molecule has 0 saturated heterocycles. The molecule has 0 aliphatic heterocycles. The van der Waals surface area contributed by atoms with E-state index in [0.717, 1.165) is 0 Å². The van der Waals surface area contributed by atoms with Crippen molar-refractivity contribution in [2.45, 2.75) is 27.7 Å². The van der Waals surface area contributed by atoms with Crippen LogP contribution in [-0.4, -0.2) is 0 Å². The molecule has 0 radical (unpaired) electrons. The van der Waals surface area contributed by atoms with Gasteiger partial charge in [-0.2, -0.15) is 0 Å². The average molecular weight is 1120 g/mol. The summed E-state index contributed by atoms with van der Waals surface area (Å²) in [5, 5.41) is 22.9. The summed E-state index contributed by atoms with van der Waals surface area (Å²) in [7, 11) is 0. The smallest absolute Gasteiger partial charge is 0.00201 e. The van der Waals surface area contributed by atoms with Gasteiger partial charge < -0.3 is 0 Å². The minimum Gasteiger partial charge on any atom is -0.0683 e. The highest BCUT2D eigenvalue weighted by molar-refractivity contribution is 6.26. The van der Waals surface area contributed by atoms with Gasteiger partial charge in [-0.3, -0.25) is 0 Å². The van der Waals surface area contributed by atoms with E-state index >= 15 is 0 Å². The van der Waals surface area contributed by atoms with Crippen LogP contribution in [-0.2, 0) is 0 Å². The van der Waals surface area contributed by atoms with Crippen molar-refractivity contribution >= 4 is 97.0 Å². The van der Waals surface area contributed by atoms with Crippen LogP contribution in [0.25, 0.3) is 164 Å². The molecule has 0 saturated carbocycles. The minimum absolute atomic E-state index is 1.24. The lowest BCUT2D eigenvalue weighted by atomic mass is 9.83. The summed E-state index contributed by atoms with van der Waals surface area (Å²) < 4.78 is 0. The van der Waals surface area contributed by atoms with Crippen LogP contribution < -0.4 is 0 Å². The highest BCUT2D eigenvalue weighted by atomic mass is 14.2. The highest BCUT2D eigenvalue weighted by Crippen LogP contribution is 2.49. The van der Waals surface area contributed by atoms with Crippen LogP contribution in [0.3, 0.4) is 0 Å². The van der Waals surface area contributed by atoms with Gasteiger partial charge in [0.1, 0.15) is 0 Å². The lowest BCUT2D eigenvalue weighted by Crippen LogP contribution is -1.92. The third-order valence-electron chi connectivity index (χ3n) is 17.4. The number of hydrogen-bond acceptors (Lipinski definition) is 0. The summed E-state index contributed by atoms with van der Waals surface area (Å²) in [5.74, 6) is 0. The Morgan fingerprint density at radius 2 is 0.420 bits per heavy atom. The van der Waals surface area contributed by atoms with E-state index in [2.05, 4.69) is 328 Å². The van der Waals surface area contributed by atoms with Crippen molar-refractivity contribution in [3.8, 4) is 66.8 Å². The molecule has 0 unspecified atom stereocenters. The van der Waals surface area contributed by atoms with Gasteiger partial charge in [0.25, 0.3) is 0 Å². The zero-order valence-electron chi connectivity index (χ0n) is 50.2. The van der Waals surface area contributed by atoms with Crippen molar-refractivity contribution in [2.75, 3.05) is 0 Å². The normalized spacial score (nSPS) is 11.2. The van der Waals surface area contributed by atoms with E-state index in [1.807, 2.05) is 27.7 Å². The van der Waals surface area contributed by atoms with Gasteiger partial charge in [-0.05, 0) is 188 Å². The number of benzene rings is 17. The van der Waals surface area contributed by atoms with Crippen LogP contribution in [0.5, 0.6) is 0 Å². The standard InChI is InChI=1S/C44H28.C40H26.2C2H6/c1-3-13-31-27-33(23-21-29(31)11-1)35-25-26-42(37-16-6-5-15-36(35)37)44-40-19-9-7-17-38(40)43(39-18-8-10-20-41(39)44)34-24-22-30-12-2-4-14-32(30)28-34;1-2-11-27(12-3-1)29-21-22-31-26-32(24-23-30(31)25-29)39-35-16-6-8-18-37(35)40(38-19-9-7-17-36(38)39)34-20-10-14-28-13-4-5-15-33(28)34;2*1-2/h1-28H;1-26H;2*1-2H3. The zero-order chi connectivity index (χ0) is 59.5. The summed E-state index contributed by atoms with van der Waals surface area (Å²) in [6.07, 6.45) is 0. The first-order chi connectivity index (χ1) is 43.7. The lowest BCUT2D eigenvalue weighted by molar-refractivity contribution is 1.50. The molecule has 0 aromatic heterocycles. The Balaban J connectivity index is 0.000000147. The monoisotopic (exact) mass is 1120 g/mol. The summed E-state index contributed by atoms with van der Waals surface area (Å²) in [4.78, 5) is 0.